The van der Waals surface area contributed by atoms with Crippen LogP contribution in [-0.4, -0.2) is 64.3 Å². The first-order chi connectivity index (χ1) is 16.9. The van der Waals surface area contributed by atoms with Crippen molar-refractivity contribution in [3.63, 3.8) is 0 Å². The van der Waals surface area contributed by atoms with Gasteiger partial charge in [-0.1, -0.05) is 12.2 Å². The van der Waals surface area contributed by atoms with Gasteiger partial charge in [-0.2, -0.15) is 0 Å². The number of ether oxygens (including phenoxy) is 1. The van der Waals surface area contributed by atoms with E-state index in [9.17, 15) is 8.42 Å². The fraction of sp³-hybridized carbons (Fsp3) is 0.385. The quantitative estimate of drug-likeness (QED) is 0.543. The van der Waals surface area contributed by atoms with Crippen molar-refractivity contribution in [1.82, 2.24) is 24.2 Å². The predicted octanol–water partition coefficient (Wildman–Crippen LogP) is 3.47. The second-order valence-corrected chi connectivity index (χ2v) is 12.0. The van der Waals surface area contributed by atoms with Gasteiger partial charge in [-0.25, -0.2) is 22.4 Å². The molecule has 2 aliphatic heterocycles. The molecule has 10 heteroatoms. The van der Waals surface area contributed by atoms with Gasteiger partial charge >= 0.3 is 0 Å². The first-order valence-corrected chi connectivity index (χ1v) is 13.4. The van der Waals surface area contributed by atoms with Crippen LogP contribution in [0.25, 0.3) is 11.0 Å². The molecule has 2 fully saturated rings. The molecule has 0 saturated carbocycles. The first kappa shape index (κ1) is 24.8. The van der Waals surface area contributed by atoms with E-state index in [1.165, 1.54) is 16.8 Å². The lowest BCUT2D eigenvalue weighted by molar-refractivity contribution is 0.247. The number of nitrogens with one attached hydrogen (secondary N) is 1. The maximum absolute atomic E-state index is 14.3. The van der Waals surface area contributed by atoms with Gasteiger partial charge < -0.3 is 15.0 Å². The maximum atomic E-state index is 14.3. The Labute approximate surface area is 217 Å². The normalized spacial score (nSPS) is 27.6. The van der Waals surface area contributed by atoms with Crippen LogP contribution < -0.4 is 10.1 Å². The summed E-state index contributed by atoms with van der Waals surface area (Å²) in [6, 6.07) is 10.1. The molecule has 0 spiro atoms. The number of rotatable bonds is 5. The number of piperazine rings is 1. The van der Waals surface area contributed by atoms with Crippen LogP contribution in [0.2, 0.25) is 0 Å². The summed E-state index contributed by atoms with van der Waals surface area (Å²) < 4.78 is 34.0. The summed E-state index contributed by atoms with van der Waals surface area (Å²) in [7, 11) is -2.33. The number of methoxy groups -OCH3 is 1. The number of nitrogens with zero attached hydrogens (tertiary/aromatic N) is 4. The Balaban J connectivity index is 0.00000267. The lowest BCUT2D eigenvalue weighted by Gasteiger charge is -2.41. The van der Waals surface area contributed by atoms with Gasteiger partial charge in [0.05, 0.1) is 7.11 Å². The molecular weight excluding hydrogens is 498 g/mol. The van der Waals surface area contributed by atoms with Gasteiger partial charge in [-0.05, 0) is 55.7 Å². The molecule has 6 rings (SSSR count). The molecule has 3 aromatic heterocycles. The maximum Gasteiger partial charge on any atom is 0.250 e. The van der Waals surface area contributed by atoms with E-state index in [4.69, 9.17) is 4.74 Å². The lowest BCUT2D eigenvalue weighted by Crippen LogP contribution is -2.51. The Kier molecular flexibility index (Phi) is 6.34. The van der Waals surface area contributed by atoms with Gasteiger partial charge in [0.2, 0.25) is 15.9 Å². The van der Waals surface area contributed by atoms with E-state index in [1.54, 1.807) is 38.7 Å². The number of pyridine rings is 2. The predicted molar refractivity (Wildman–Crippen MR) is 142 cm³/mol. The molecule has 3 aromatic rings. The molecule has 1 N–H and O–H groups in total. The van der Waals surface area contributed by atoms with Crippen LogP contribution in [0, 0.1) is 0 Å². The molecule has 2 bridgehead atoms. The fourth-order valence-corrected chi connectivity index (χ4v) is 7.51. The summed E-state index contributed by atoms with van der Waals surface area (Å²) in [5, 5.41) is 4.46. The van der Waals surface area contributed by atoms with E-state index in [0.717, 1.165) is 29.7 Å². The average molecular weight is 528 g/mol. The van der Waals surface area contributed by atoms with Crippen molar-refractivity contribution >= 4 is 33.5 Å². The van der Waals surface area contributed by atoms with E-state index in [1.807, 2.05) is 36.4 Å². The van der Waals surface area contributed by atoms with E-state index in [0.29, 0.717) is 23.6 Å². The molecular formula is C26H30ClN5O3S. The van der Waals surface area contributed by atoms with Crippen LogP contribution in [0.5, 0.6) is 5.88 Å². The lowest BCUT2D eigenvalue weighted by atomic mass is 9.82. The first-order valence-electron chi connectivity index (χ1n) is 12.0. The van der Waals surface area contributed by atoms with Crippen LogP contribution in [0.1, 0.15) is 31.2 Å². The van der Waals surface area contributed by atoms with Crippen LogP contribution in [0.15, 0.2) is 72.8 Å². The van der Waals surface area contributed by atoms with Gasteiger partial charge in [0.15, 0.2) is 5.65 Å². The second-order valence-electron chi connectivity index (χ2n) is 9.79. The highest BCUT2D eigenvalue weighted by molar-refractivity contribution is 7.91. The summed E-state index contributed by atoms with van der Waals surface area (Å²) >= 11 is 0. The minimum atomic E-state index is -3.89. The third kappa shape index (κ3) is 3.90. The minimum absolute atomic E-state index is 0. The number of fused-ring (bicyclic) bond motifs is 3. The average Bonchev–Trinajstić information content (AvgIpc) is 3.47. The summed E-state index contributed by atoms with van der Waals surface area (Å²) in [6.07, 6.45) is 13.2. The number of hydrogen-bond acceptors (Lipinski definition) is 7. The minimum Gasteiger partial charge on any atom is -0.481 e. The zero-order valence-corrected chi connectivity index (χ0v) is 21.9. The van der Waals surface area contributed by atoms with Crippen molar-refractivity contribution in [1.29, 1.82) is 0 Å². The number of hydrogen-bond donors (Lipinski definition) is 1. The van der Waals surface area contributed by atoms with Crippen molar-refractivity contribution in [2.24, 2.45) is 0 Å². The summed E-state index contributed by atoms with van der Waals surface area (Å²) in [4.78, 5) is 11.0. The molecule has 0 radical (unpaired) electrons. The van der Waals surface area contributed by atoms with Gasteiger partial charge in [0.1, 0.15) is 4.75 Å². The highest BCUT2D eigenvalue weighted by Crippen LogP contribution is 2.44. The van der Waals surface area contributed by atoms with E-state index in [2.05, 4.69) is 26.3 Å². The zero-order valence-electron chi connectivity index (χ0n) is 20.2. The third-order valence-corrected chi connectivity index (χ3v) is 9.99. The summed E-state index contributed by atoms with van der Waals surface area (Å²) in [5.74, 6) is 0.0122. The van der Waals surface area contributed by atoms with E-state index in [-0.39, 0.29) is 12.4 Å². The summed E-state index contributed by atoms with van der Waals surface area (Å²) in [5.41, 5.74) is 2.33. The van der Waals surface area contributed by atoms with E-state index >= 15 is 0 Å². The highest BCUT2D eigenvalue weighted by atomic mass is 35.5. The summed E-state index contributed by atoms with van der Waals surface area (Å²) in [6.45, 7) is 3.64. The Morgan fingerprint density at radius 1 is 1.11 bits per heavy atom. The van der Waals surface area contributed by atoms with Gasteiger partial charge in [0, 0.05) is 66.8 Å². The SMILES string of the molecule is COc1cc(C2C=C(N3CC4CCC(C3)N4)C=CC2(C)S(=O)(=O)n2ccc3cccnc32)ccn1.Cl. The number of allylic oxidation sites excluding steroid dienone is 2. The Morgan fingerprint density at radius 3 is 2.64 bits per heavy atom. The van der Waals surface area contributed by atoms with Gasteiger partial charge in [-0.15, -0.1) is 12.4 Å². The highest BCUT2D eigenvalue weighted by Gasteiger charge is 2.48. The van der Waals surface area contributed by atoms with Crippen molar-refractivity contribution < 1.29 is 13.2 Å². The fourth-order valence-electron chi connectivity index (χ4n) is 5.72. The number of likely N-dealkylation sites (tertiary alicyclic amines) is 1. The van der Waals surface area contributed by atoms with E-state index < -0.39 is 20.7 Å². The van der Waals surface area contributed by atoms with Crippen LogP contribution in [0.3, 0.4) is 0 Å². The van der Waals surface area contributed by atoms with Crippen molar-refractivity contribution in [3.8, 4) is 5.88 Å². The molecule has 1 aliphatic carbocycles. The molecule has 190 valence electrons. The van der Waals surface area contributed by atoms with Crippen LogP contribution in [0.4, 0.5) is 0 Å². The number of aromatic nitrogens is 3. The molecule has 4 atom stereocenters. The number of halogens is 1. The van der Waals surface area contributed by atoms with Crippen LogP contribution >= 0.6 is 12.4 Å². The standard InChI is InChI=1S/C26H29N5O3S.ClH/c1-26(35(32,33)31-13-9-18-4-3-11-28-25(18)31)10-7-22(30-16-20-5-6-21(17-30)29-20)15-23(26)19-8-12-27-24(14-19)34-2;/h3-4,7-15,20-21,23,29H,5-6,16-17H2,1-2H3;1H. The van der Waals surface area contributed by atoms with Crippen molar-refractivity contribution in [2.75, 3.05) is 20.2 Å². The molecule has 8 nitrogen and oxygen atoms in total. The largest absolute Gasteiger partial charge is 0.481 e. The van der Waals surface area contributed by atoms with Gasteiger partial charge in [-0.3, -0.25) is 0 Å². The Morgan fingerprint density at radius 2 is 1.89 bits per heavy atom. The van der Waals surface area contributed by atoms with Crippen molar-refractivity contribution in [3.05, 3.63) is 78.4 Å². The Bertz CT molecular complexity index is 1440. The van der Waals surface area contributed by atoms with Gasteiger partial charge in [0.25, 0.3) is 0 Å². The molecule has 5 heterocycles. The molecule has 2 saturated heterocycles. The molecule has 3 aliphatic rings. The third-order valence-electron chi connectivity index (χ3n) is 7.68. The zero-order chi connectivity index (χ0) is 24.2. The smallest absolute Gasteiger partial charge is 0.250 e. The Hall–Kier alpha value is -2.88. The molecule has 0 amide bonds. The van der Waals surface area contributed by atoms with Crippen LogP contribution in [-0.2, 0) is 10.0 Å². The molecule has 0 aromatic carbocycles. The monoisotopic (exact) mass is 527 g/mol. The topological polar surface area (TPSA) is 89.4 Å². The molecule has 4 unspecified atom stereocenters. The second kappa shape index (κ2) is 9.21. The molecule has 36 heavy (non-hydrogen) atoms. The van der Waals surface area contributed by atoms with Crippen molar-refractivity contribution in [2.45, 2.75) is 42.5 Å².